The number of amides is 1. The lowest BCUT2D eigenvalue weighted by Gasteiger charge is -2.35. The molecule has 0 aliphatic carbocycles. The number of piperidine rings is 1. The van der Waals surface area contributed by atoms with Crippen molar-refractivity contribution in [2.45, 2.75) is 42.4 Å². The van der Waals surface area contributed by atoms with Crippen molar-refractivity contribution in [2.75, 3.05) is 19.6 Å². The predicted molar refractivity (Wildman–Crippen MR) is 81.7 cm³/mol. The van der Waals surface area contributed by atoms with E-state index in [1.54, 1.807) is 17.5 Å². The monoisotopic (exact) mass is 328 g/mol. The van der Waals surface area contributed by atoms with Gasteiger partial charge in [0, 0.05) is 19.6 Å². The van der Waals surface area contributed by atoms with Gasteiger partial charge in [0.25, 0.3) is 10.0 Å². The molecule has 1 atom stereocenters. The summed E-state index contributed by atoms with van der Waals surface area (Å²) in [5.74, 6) is -0.00710. The fourth-order valence-corrected chi connectivity index (χ4v) is 5.88. The maximum Gasteiger partial charge on any atom is 0.253 e. The topological polar surface area (TPSA) is 57.7 Å². The van der Waals surface area contributed by atoms with Crippen LogP contribution in [0, 0.1) is 0 Å². The van der Waals surface area contributed by atoms with Crippen molar-refractivity contribution in [3.8, 4) is 0 Å². The van der Waals surface area contributed by atoms with Gasteiger partial charge in [-0.25, -0.2) is 8.42 Å². The number of carbonyl (C=O) groups is 1. The average molecular weight is 328 g/mol. The Morgan fingerprint density at radius 1 is 1.14 bits per heavy atom. The maximum atomic E-state index is 12.7. The maximum absolute atomic E-state index is 12.7. The molecule has 0 unspecified atom stereocenters. The van der Waals surface area contributed by atoms with Crippen molar-refractivity contribution in [1.82, 2.24) is 9.21 Å². The molecular weight excluding hydrogens is 308 g/mol. The minimum absolute atomic E-state index is 0.00710. The lowest BCUT2D eigenvalue weighted by Crippen LogP contribution is -2.52. The van der Waals surface area contributed by atoms with Gasteiger partial charge < -0.3 is 4.90 Å². The number of likely N-dealkylation sites (tertiary alicyclic amines) is 1. The van der Waals surface area contributed by atoms with Crippen LogP contribution in [0.3, 0.4) is 0 Å². The molecule has 0 N–H and O–H groups in total. The van der Waals surface area contributed by atoms with Crippen LogP contribution >= 0.6 is 11.3 Å². The third-order valence-corrected chi connectivity index (χ3v) is 7.50. The number of carbonyl (C=O) groups excluding carboxylic acids is 1. The van der Waals surface area contributed by atoms with E-state index in [9.17, 15) is 13.2 Å². The Balaban J connectivity index is 1.86. The lowest BCUT2D eigenvalue weighted by molar-refractivity contribution is -0.135. The molecule has 0 spiro atoms. The minimum Gasteiger partial charge on any atom is -0.341 e. The Hall–Kier alpha value is -0.920. The number of hydrogen-bond donors (Lipinski definition) is 0. The van der Waals surface area contributed by atoms with E-state index in [0.29, 0.717) is 17.2 Å². The van der Waals surface area contributed by atoms with Crippen LogP contribution in [0.2, 0.25) is 0 Å². The molecule has 0 bridgehead atoms. The molecule has 0 saturated carbocycles. The number of thiophene rings is 1. The van der Waals surface area contributed by atoms with Gasteiger partial charge >= 0.3 is 0 Å². The number of nitrogens with zero attached hydrogens (tertiary/aromatic N) is 2. The summed E-state index contributed by atoms with van der Waals surface area (Å²) >= 11 is 1.21. The molecule has 1 amide bonds. The second kappa shape index (κ2) is 6.06. The molecule has 1 aromatic heterocycles. The molecule has 0 radical (unpaired) electrons. The molecule has 116 valence electrons. The zero-order chi connectivity index (χ0) is 14.9. The molecule has 2 aliphatic rings. The summed E-state index contributed by atoms with van der Waals surface area (Å²) < 4.78 is 27.3. The van der Waals surface area contributed by atoms with Gasteiger partial charge in [0.15, 0.2) is 0 Å². The van der Waals surface area contributed by atoms with E-state index in [2.05, 4.69) is 0 Å². The number of sulfonamides is 1. The first kappa shape index (κ1) is 15.0. The van der Waals surface area contributed by atoms with Gasteiger partial charge in [-0.2, -0.15) is 4.31 Å². The molecule has 3 heterocycles. The Morgan fingerprint density at radius 2 is 1.86 bits per heavy atom. The largest absolute Gasteiger partial charge is 0.341 e. The standard InChI is InChI=1S/C14H20N2O3S2/c17-14(15-8-3-4-9-15)12-6-1-2-10-16(12)21(18,19)13-7-5-11-20-13/h5,7,11-12H,1-4,6,8-10H2/t12-/m0/s1. The number of rotatable bonds is 3. The molecule has 0 aromatic carbocycles. The Bertz CT molecular complexity index is 592. The fraction of sp³-hybridized carbons (Fsp3) is 0.643. The summed E-state index contributed by atoms with van der Waals surface area (Å²) in [7, 11) is -3.54. The highest BCUT2D eigenvalue weighted by Crippen LogP contribution is 2.29. The quantitative estimate of drug-likeness (QED) is 0.852. The summed E-state index contributed by atoms with van der Waals surface area (Å²) in [5.41, 5.74) is 0. The summed E-state index contributed by atoms with van der Waals surface area (Å²) in [5, 5.41) is 1.76. The predicted octanol–water partition coefficient (Wildman–Crippen LogP) is 1.91. The zero-order valence-electron chi connectivity index (χ0n) is 11.9. The summed E-state index contributed by atoms with van der Waals surface area (Å²) in [6.45, 7) is 1.98. The summed E-state index contributed by atoms with van der Waals surface area (Å²) in [6.07, 6.45) is 4.43. The smallest absolute Gasteiger partial charge is 0.253 e. The molecule has 2 saturated heterocycles. The van der Waals surface area contributed by atoms with Crippen molar-refractivity contribution in [3.63, 3.8) is 0 Å². The van der Waals surface area contributed by atoms with Crippen molar-refractivity contribution in [3.05, 3.63) is 17.5 Å². The van der Waals surface area contributed by atoms with E-state index in [1.165, 1.54) is 15.6 Å². The average Bonchev–Trinajstić information content (AvgIpc) is 3.19. The van der Waals surface area contributed by atoms with E-state index >= 15 is 0 Å². The van der Waals surface area contributed by atoms with Crippen LogP contribution in [0.4, 0.5) is 0 Å². The first-order valence-electron chi connectivity index (χ1n) is 7.45. The second-order valence-electron chi connectivity index (χ2n) is 5.59. The van der Waals surface area contributed by atoms with Crippen LogP contribution in [0.5, 0.6) is 0 Å². The highest BCUT2D eigenvalue weighted by atomic mass is 32.2. The first-order chi connectivity index (χ1) is 10.1. The van der Waals surface area contributed by atoms with Crippen LogP contribution < -0.4 is 0 Å². The van der Waals surface area contributed by atoms with Gasteiger partial charge in [0.1, 0.15) is 10.3 Å². The Kier molecular flexibility index (Phi) is 4.33. The van der Waals surface area contributed by atoms with Gasteiger partial charge in [0.2, 0.25) is 5.91 Å². The Labute approximate surface area is 129 Å². The Morgan fingerprint density at radius 3 is 2.52 bits per heavy atom. The van der Waals surface area contributed by atoms with E-state index < -0.39 is 16.1 Å². The van der Waals surface area contributed by atoms with Gasteiger partial charge in [-0.15, -0.1) is 11.3 Å². The molecule has 1 aromatic rings. The first-order valence-corrected chi connectivity index (χ1v) is 9.77. The van der Waals surface area contributed by atoms with Gasteiger partial charge in [0.05, 0.1) is 0 Å². The molecule has 21 heavy (non-hydrogen) atoms. The van der Waals surface area contributed by atoms with Crippen LogP contribution in [0.1, 0.15) is 32.1 Å². The van der Waals surface area contributed by atoms with Gasteiger partial charge in [-0.3, -0.25) is 4.79 Å². The van der Waals surface area contributed by atoms with Crippen molar-refractivity contribution < 1.29 is 13.2 Å². The van der Waals surface area contributed by atoms with Crippen LogP contribution in [-0.2, 0) is 14.8 Å². The van der Waals surface area contributed by atoms with Crippen LogP contribution in [0.25, 0.3) is 0 Å². The summed E-state index contributed by atoms with van der Waals surface area (Å²) in [6, 6.07) is 2.84. The minimum atomic E-state index is -3.54. The highest BCUT2D eigenvalue weighted by molar-refractivity contribution is 7.91. The normalized spacial score (nSPS) is 24.4. The van der Waals surface area contributed by atoms with Crippen LogP contribution in [-0.4, -0.2) is 49.2 Å². The van der Waals surface area contributed by atoms with E-state index in [-0.39, 0.29) is 5.91 Å². The van der Waals surface area contributed by atoms with Crippen LogP contribution in [0.15, 0.2) is 21.7 Å². The molecule has 3 rings (SSSR count). The van der Waals surface area contributed by atoms with Gasteiger partial charge in [-0.05, 0) is 37.1 Å². The third kappa shape index (κ3) is 2.86. The molecule has 7 heteroatoms. The van der Waals surface area contributed by atoms with E-state index in [1.807, 2.05) is 4.90 Å². The lowest BCUT2D eigenvalue weighted by atomic mass is 10.0. The second-order valence-corrected chi connectivity index (χ2v) is 8.66. The van der Waals surface area contributed by atoms with Crippen molar-refractivity contribution >= 4 is 27.3 Å². The van der Waals surface area contributed by atoms with E-state index in [4.69, 9.17) is 0 Å². The fourth-order valence-electron chi connectivity index (χ4n) is 3.11. The molecule has 5 nitrogen and oxygen atoms in total. The third-order valence-electron chi connectivity index (χ3n) is 4.21. The highest BCUT2D eigenvalue weighted by Gasteiger charge is 2.40. The van der Waals surface area contributed by atoms with Crippen molar-refractivity contribution in [2.24, 2.45) is 0 Å². The summed E-state index contributed by atoms with van der Waals surface area (Å²) in [4.78, 5) is 14.5. The number of hydrogen-bond acceptors (Lipinski definition) is 4. The molecule has 2 aliphatic heterocycles. The van der Waals surface area contributed by atoms with Gasteiger partial charge in [-0.1, -0.05) is 12.5 Å². The SMILES string of the molecule is O=C([C@@H]1CCCCN1S(=O)(=O)c1cccs1)N1CCCC1. The van der Waals surface area contributed by atoms with E-state index in [0.717, 1.165) is 38.8 Å². The zero-order valence-corrected chi connectivity index (χ0v) is 13.5. The molecule has 2 fully saturated rings. The molecular formula is C14H20N2O3S2. The van der Waals surface area contributed by atoms with Crippen molar-refractivity contribution in [1.29, 1.82) is 0 Å².